The van der Waals surface area contributed by atoms with E-state index in [1.54, 1.807) is 26.5 Å². The summed E-state index contributed by atoms with van der Waals surface area (Å²) in [5, 5.41) is 8.14. The van der Waals surface area contributed by atoms with Crippen molar-refractivity contribution in [2.45, 2.75) is 13.1 Å². The molecule has 2 aromatic heterocycles. The summed E-state index contributed by atoms with van der Waals surface area (Å²) < 4.78 is 41.8. The molecule has 5 rings (SSSR count). The second-order valence-electron chi connectivity index (χ2n) is 8.11. The molecule has 0 spiro atoms. The summed E-state index contributed by atoms with van der Waals surface area (Å²) in [5.41, 5.74) is 1.26. The summed E-state index contributed by atoms with van der Waals surface area (Å²) in [6.07, 6.45) is -2.60. The first kappa shape index (κ1) is 18.9. The Labute approximate surface area is 170 Å². The number of para-hydroxylation sites is 1. The third-order valence-electron chi connectivity index (χ3n) is 6.08. The van der Waals surface area contributed by atoms with Gasteiger partial charge in [-0.2, -0.15) is 13.2 Å². The zero-order valence-electron chi connectivity index (χ0n) is 16.3. The average molecular weight is 415 g/mol. The number of amides is 1. The van der Waals surface area contributed by atoms with Crippen LogP contribution in [0.4, 0.5) is 18.9 Å². The molecule has 2 saturated heterocycles. The third-order valence-corrected chi connectivity index (χ3v) is 6.08. The summed E-state index contributed by atoms with van der Waals surface area (Å²) in [4.78, 5) is 16.6. The van der Waals surface area contributed by atoms with Crippen LogP contribution >= 0.6 is 0 Å². The number of halogens is 3. The molecule has 1 amide bonds. The number of anilines is 1. The van der Waals surface area contributed by atoms with Crippen LogP contribution in [0.2, 0.25) is 0 Å². The van der Waals surface area contributed by atoms with Gasteiger partial charge in [-0.1, -0.05) is 12.1 Å². The maximum Gasteiger partial charge on any atom is 0.418 e. The first-order valence-corrected chi connectivity index (χ1v) is 9.83. The van der Waals surface area contributed by atoms with E-state index in [0.29, 0.717) is 31.8 Å². The molecule has 1 aromatic carbocycles. The van der Waals surface area contributed by atoms with E-state index in [9.17, 15) is 18.0 Å². The highest BCUT2D eigenvalue weighted by molar-refractivity contribution is 5.91. The van der Waals surface area contributed by atoms with Crippen molar-refractivity contribution in [1.29, 1.82) is 0 Å². The number of carbonyl (C=O) groups is 1. The van der Waals surface area contributed by atoms with Crippen LogP contribution in [0.25, 0.3) is 5.65 Å². The Kier molecular flexibility index (Phi) is 4.23. The quantitative estimate of drug-likeness (QED) is 0.645. The number of hydrogen-bond donors (Lipinski definition) is 0. The molecule has 6 nitrogen and oxygen atoms in total. The Balaban J connectivity index is 1.32. The monoisotopic (exact) mass is 415 g/mol. The molecule has 4 heterocycles. The molecule has 2 fully saturated rings. The minimum absolute atomic E-state index is 0.136. The molecule has 156 valence electrons. The molecular weight excluding hydrogens is 395 g/mol. The van der Waals surface area contributed by atoms with Crippen molar-refractivity contribution in [3.05, 3.63) is 59.5 Å². The molecule has 2 atom stereocenters. The van der Waals surface area contributed by atoms with Gasteiger partial charge >= 0.3 is 6.18 Å². The van der Waals surface area contributed by atoms with E-state index in [0.717, 1.165) is 11.6 Å². The molecule has 0 N–H and O–H groups in total. The summed E-state index contributed by atoms with van der Waals surface area (Å²) in [5.74, 6) is 0.348. The van der Waals surface area contributed by atoms with Crippen LogP contribution < -0.4 is 4.90 Å². The van der Waals surface area contributed by atoms with Crippen molar-refractivity contribution < 1.29 is 18.0 Å². The number of alkyl halides is 3. The molecule has 2 aliphatic rings. The lowest BCUT2D eigenvalue weighted by molar-refractivity contribution is -0.137. The number of fused-ring (bicyclic) bond motifs is 2. The molecule has 0 bridgehead atoms. The topological polar surface area (TPSA) is 53.7 Å². The van der Waals surface area contributed by atoms with Crippen LogP contribution in [0.1, 0.15) is 21.7 Å². The Morgan fingerprint density at radius 2 is 1.73 bits per heavy atom. The van der Waals surface area contributed by atoms with E-state index in [1.165, 1.54) is 12.1 Å². The molecule has 2 aliphatic heterocycles. The molecule has 0 saturated carbocycles. The highest BCUT2D eigenvalue weighted by Crippen LogP contribution is 2.40. The normalized spacial score (nSPS) is 21.5. The number of rotatable bonds is 2. The minimum Gasteiger partial charge on any atom is -0.370 e. The van der Waals surface area contributed by atoms with Crippen molar-refractivity contribution in [2.75, 3.05) is 31.1 Å². The molecule has 9 heteroatoms. The number of nitrogens with zero attached hydrogens (tertiary/aromatic N) is 5. The van der Waals surface area contributed by atoms with E-state index in [2.05, 4.69) is 10.2 Å². The van der Waals surface area contributed by atoms with Crippen molar-refractivity contribution in [2.24, 2.45) is 11.8 Å². The summed E-state index contributed by atoms with van der Waals surface area (Å²) in [7, 11) is 0. The Bertz CT molecular complexity index is 1110. The van der Waals surface area contributed by atoms with E-state index in [-0.39, 0.29) is 29.3 Å². The van der Waals surface area contributed by atoms with Gasteiger partial charge in [0.1, 0.15) is 0 Å². The van der Waals surface area contributed by atoms with E-state index in [1.807, 2.05) is 19.1 Å². The largest absolute Gasteiger partial charge is 0.418 e. The maximum absolute atomic E-state index is 13.4. The predicted molar refractivity (Wildman–Crippen MR) is 104 cm³/mol. The Morgan fingerprint density at radius 3 is 2.43 bits per heavy atom. The zero-order valence-corrected chi connectivity index (χ0v) is 16.3. The number of carbonyl (C=O) groups excluding carboxylic acids is 1. The second-order valence-corrected chi connectivity index (χ2v) is 8.11. The summed E-state index contributed by atoms with van der Waals surface area (Å²) >= 11 is 0. The fourth-order valence-electron chi connectivity index (χ4n) is 4.62. The van der Waals surface area contributed by atoms with Crippen LogP contribution in [-0.4, -0.2) is 51.6 Å². The number of aromatic nitrogens is 3. The van der Waals surface area contributed by atoms with E-state index < -0.39 is 11.7 Å². The smallest absolute Gasteiger partial charge is 0.370 e. The Hall–Kier alpha value is -3.10. The maximum atomic E-state index is 13.4. The van der Waals surface area contributed by atoms with Gasteiger partial charge in [0, 0.05) is 49.9 Å². The first-order valence-electron chi connectivity index (χ1n) is 9.83. The lowest BCUT2D eigenvalue weighted by atomic mass is 10.0. The van der Waals surface area contributed by atoms with Crippen LogP contribution in [-0.2, 0) is 6.18 Å². The molecule has 3 aromatic rings. The van der Waals surface area contributed by atoms with Gasteiger partial charge < -0.3 is 9.80 Å². The second kappa shape index (κ2) is 6.72. The fraction of sp³-hybridized carbons (Fsp3) is 0.381. The highest BCUT2D eigenvalue weighted by atomic mass is 19.4. The SMILES string of the molecule is Cc1ccn2c(C(=O)N3C[C@@H]4CN(c5ccccc5C(F)(F)F)C[C@@H]4C3)nnc2c1. The predicted octanol–water partition coefficient (Wildman–Crippen LogP) is 3.26. The molecule has 0 radical (unpaired) electrons. The average Bonchev–Trinajstić information content (AvgIpc) is 3.39. The van der Waals surface area contributed by atoms with Gasteiger partial charge in [0.05, 0.1) is 5.56 Å². The molecule has 0 aliphatic carbocycles. The van der Waals surface area contributed by atoms with E-state index in [4.69, 9.17) is 0 Å². The molecular formula is C21H20F3N5O. The van der Waals surface area contributed by atoms with Gasteiger partial charge in [-0.3, -0.25) is 9.20 Å². The van der Waals surface area contributed by atoms with Crippen LogP contribution in [0, 0.1) is 18.8 Å². The fourth-order valence-corrected chi connectivity index (χ4v) is 4.62. The van der Waals surface area contributed by atoms with Crippen LogP contribution in [0.5, 0.6) is 0 Å². The minimum atomic E-state index is -4.39. The third kappa shape index (κ3) is 3.09. The first-order chi connectivity index (χ1) is 14.3. The molecule has 30 heavy (non-hydrogen) atoms. The number of aryl methyl sites for hydroxylation is 1. The van der Waals surface area contributed by atoms with Gasteiger partial charge in [-0.15, -0.1) is 10.2 Å². The van der Waals surface area contributed by atoms with Gasteiger partial charge in [0.25, 0.3) is 5.91 Å². The van der Waals surface area contributed by atoms with Crippen molar-refractivity contribution in [3.8, 4) is 0 Å². The van der Waals surface area contributed by atoms with Gasteiger partial charge in [0.15, 0.2) is 5.65 Å². The summed E-state index contributed by atoms with van der Waals surface area (Å²) in [6, 6.07) is 9.44. The lowest BCUT2D eigenvalue weighted by Crippen LogP contribution is -2.34. The number of likely N-dealkylation sites (tertiary alicyclic amines) is 1. The van der Waals surface area contributed by atoms with Gasteiger partial charge in [0.2, 0.25) is 5.82 Å². The van der Waals surface area contributed by atoms with E-state index >= 15 is 0 Å². The van der Waals surface area contributed by atoms with Crippen LogP contribution in [0.15, 0.2) is 42.6 Å². The summed E-state index contributed by atoms with van der Waals surface area (Å²) in [6.45, 7) is 3.97. The Morgan fingerprint density at radius 1 is 1.03 bits per heavy atom. The van der Waals surface area contributed by atoms with Crippen molar-refractivity contribution in [1.82, 2.24) is 19.5 Å². The highest BCUT2D eigenvalue weighted by Gasteiger charge is 2.44. The zero-order chi connectivity index (χ0) is 21.0. The van der Waals surface area contributed by atoms with Gasteiger partial charge in [-0.25, -0.2) is 0 Å². The number of pyridine rings is 1. The van der Waals surface area contributed by atoms with Crippen molar-refractivity contribution >= 4 is 17.2 Å². The van der Waals surface area contributed by atoms with Gasteiger partial charge in [-0.05, 0) is 36.8 Å². The molecule has 0 unspecified atom stereocenters. The number of benzene rings is 1. The standard InChI is InChI=1S/C21H20F3N5O/c1-13-6-7-29-18(8-13)25-26-19(29)20(30)28-11-14-9-27(10-15(14)12-28)17-5-3-2-4-16(17)21(22,23)24/h2-8,14-15H,9-12H2,1H3/t14-,15+. The number of hydrogen-bond acceptors (Lipinski definition) is 4. The van der Waals surface area contributed by atoms with Crippen LogP contribution in [0.3, 0.4) is 0 Å². The lowest BCUT2D eigenvalue weighted by Gasteiger charge is -2.25. The van der Waals surface area contributed by atoms with Crippen molar-refractivity contribution in [3.63, 3.8) is 0 Å².